The monoisotopic (exact) mass is 312 g/mol. The minimum atomic E-state index is -5.71. The Hall–Kier alpha value is -1.37. The summed E-state index contributed by atoms with van der Waals surface area (Å²) in [4.78, 5) is 0. The molecule has 0 saturated carbocycles. The van der Waals surface area contributed by atoms with Crippen LogP contribution in [0.25, 0.3) is 0 Å². The van der Waals surface area contributed by atoms with Crippen LogP contribution in [0.5, 0.6) is 5.75 Å². The van der Waals surface area contributed by atoms with E-state index in [4.69, 9.17) is 4.74 Å². The highest BCUT2D eigenvalue weighted by atomic mass is 19.4. The molecule has 1 rings (SSSR count). The van der Waals surface area contributed by atoms with E-state index in [0.717, 1.165) is 6.92 Å². The zero-order valence-corrected chi connectivity index (χ0v) is 11.7. The Kier molecular flexibility index (Phi) is 5.20. The van der Waals surface area contributed by atoms with Crippen molar-refractivity contribution in [3.05, 3.63) is 29.8 Å². The fourth-order valence-electron chi connectivity index (χ4n) is 1.88. The van der Waals surface area contributed by atoms with Crippen LogP contribution in [0.2, 0.25) is 0 Å². The Morgan fingerprint density at radius 3 is 2.19 bits per heavy atom. The minimum absolute atomic E-state index is 0.0950. The summed E-state index contributed by atoms with van der Waals surface area (Å²) < 4.78 is 68.5. The van der Waals surface area contributed by atoms with Crippen LogP contribution < -0.4 is 4.74 Å². The standard InChI is InChI=1S/C14H17F5O2/c1-3-8-21-11-7-5-4-6-10(11)12(2,20)9-13(15,16)14(17,18)19/h4-7,20H,3,8-9H2,1-2H3. The van der Waals surface area contributed by atoms with E-state index in [9.17, 15) is 27.1 Å². The molecule has 0 aliphatic carbocycles. The Labute approximate surface area is 119 Å². The van der Waals surface area contributed by atoms with Gasteiger partial charge in [0.1, 0.15) is 5.75 Å². The van der Waals surface area contributed by atoms with E-state index >= 15 is 0 Å². The van der Waals surface area contributed by atoms with Gasteiger partial charge in [-0.15, -0.1) is 0 Å². The van der Waals surface area contributed by atoms with Crippen molar-refractivity contribution in [3.63, 3.8) is 0 Å². The Morgan fingerprint density at radius 1 is 1.10 bits per heavy atom. The molecule has 0 spiro atoms. The summed E-state index contributed by atoms with van der Waals surface area (Å²) in [6.07, 6.45) is -6.85. The lowest BCUT2D eigenvalue weighted by Crippen LogP contribution is -2.42. The van der Waals surface area contributed by atoms with E-state index in [-0.39, 0.29) is 17.9 Å². The van der Waals surface area contributed by atoms with Crippen LogP contribution in [-0.4, -0.2) is 23.8 Å². The van der Waals surface area contributed by atoms with Crippen molar-refractivity contribution in [2.45, 2.75) is 44.4 Å². The maximum absolute atomic E-state index is 13.2. The molecule has 0 amide bonds. The first-order valence-corrected chi connectivity index (χ1v) is 6.40. The van der Waals surface area contributed by atoms with Crippen LogP contribution in [-0.2, 0) is 5.60 Å². The average Bonchev–Trinajstić information content (AvgIpc) is 2.34. The zero-order valence-electron chi connectivity index (χ0n) is 11.7. The van der Waals surface area contributed by atoms with Gasteiger partial charge in [-0.2, -0.15) is 22.0 Å². The first-order chi connectivity index (χ1) is 9.51. The second kappa shape index (κ2) is 6.17. The first kappa shape index (κ1) is 17.7. The average molecular weight is 312 g/mol. The maximum atomic E-state index is 13.2. The van der Waals surface area contributed by atoms with Gasteiger partial charge in [-0.25, -0.2) is 0 Å². The molecule has 2 nitrogen and oxygen atoms in total. The highest BCUT2D eigenvalue weighted by Gasteiger charge is 2.60. The van der Waals surface area contributed by atoms with E-state index in [0.29, 0.717) is 6.42 Å². The lowest BCUT2D eigenvalue weighted by molar-refractivity contribution is -0.297. The molecular weight excluding hydrogens is 295 g/mol. The third-order valence-electron chi connectivity index (χ3n) is 2.91. The highest BCUT2D eigenvalue weighted by molar-refractivity contribution is 5.37. The van der Waals surface area contributed by atoms with Crippen molar-refractivity contribution in [1.82, 2.24) is 0 Å². The van der Waals surface area contributed by atoms with Gasteiger partial charge in [-0.3, -0.25) is 0 Å². The molecule has 0 bridgehead atoms. The molecule has 0 fully saturated rings. The fraction of sp³-hybridized carbons (Fsp3) is 0.571. The van der Waals surface area contributed by atoms with Crippen molar-refractivity contribution in [3.8, 4) is 5.75 Å². The van der Waals surface area contributed by atoms with Gasteiger partial charge in [-0.05, 0) is 19.4 Å². The van der Waals surface area contributed by atoms with E-state index in [2.05, 4.69) is 0 Å². The summed E-state index contributed by atoms with van der Waals surface area (Å²) in [6.45, 7) is 3.00. The number of halogens is 5. The number of ether oxygens (including phenoxy) is 1. The summed E-state index contributed by atoms with van der Waals surface area (Å²) in [5.74, 6) is -4.89. The molecule has 0 aliphatic rings. The Balaban J connectivity index is 3.08. The van der Waals surface area contributed by atoms with Crippen LogP contribution in [0.1, 0.15) is 32.3 Å². The maximum Gasteiger partial charge on any atom is 0.453 e. The largest absolute Gasteiger partial charge is 0.493 e. The normalized spacial score (nSPS) is 15.6. The lowest BCUT2D eigenvalue weighted by Gasteiger charge is -2.31. The summed E-state index contributed by atoms with van der Waals surface area (Å²) in [7, 11) is 0. The fourth-order valence-corrected chi connectivity index (χ4v) is 1.88. The smallest absolute Gasteiger partial charge is 0.453 e. The van der Waals surface area contributed by atoms with Gasteiger partial charge in [0.25, 0.3) is 0 Å². The van der Waals surface area contributed by atoms with Gasteiger partial charge in [-0.1, -0.05) is 25.1 Å². The molecule has 21 heavy (non-hydrogen) atoms. The van der Waals surface area contributed by atoms with E-state index in [1.165, 1.54) is 18.2 Å². The van der Waals surface area contributed by atoms with Gasteiger partial charge in [0.15, 0.2) is 0 Å². The van der Waals surface area contributed by atoms with Crippen molar-refractivity contribution in [2.75, 3.05) is 6.61 Å². The molecular formula is C14H17F5O2. The Bertz CT molecular complexity index is 469. The number of benzene rings is 1. The number of para-hydroxylation sites is 1. The van der Waals surface area contributed by atoms with Gasteiger partial charge in [0, 0.05) is 5.56 Å². The quantitative estimate of drug-likeness (QED) is 0.795. The topological polar surface area (TPSA) is 29.5 Å². The van der Waals surface area contributed by atoms with Crippen LogP contribution in [0.3, 0.4) is 0 Å². The summed E-state index contributed by atoms with van der Waals surface area (Å²) in [5.41, 5.74) is -2.47. The molecule has 0 saturated heterocycles. The number of hydrogen-bond donors (Lipinski definition) is 1. The van der Waals surface area contributed by atoms with Crippen LogP contribution in [0.15, 0.2) is 24.3 Å². The SMILES string of the molecule is CCCOc1ccccc1C(C)(O)CC(F)(F)C(F)(F)F. The summed E-state index contributed by atoms with van der Waals surface area (Å²) in [5, 5.41) is 10.1. The Morgan fingerprint density at radius 2 is 1.67 bits per heavy atom. The minimum Gasteiger partial charge on any atom is -0.493 e. The molecule has 1 aromatic carbocycles. The van der Waals surface area contributed by atoms with Crippen molar-refractivity contribution < 1.29 is 31.8 Å². The van der Waals surface area contributed by atoms with Gasteiger partial charge < -0.3 is 9.84 Å². The molecule has 1 N–H and O–H groups in total. The first-order valence-electron chi connectivity index (χ1n) is 6.40. The van der Waals surface area contributed by atoms with Gasteiger partial charge in [0.2, 0.25) is 0 Å². The van der Waals surface area contributed by atoms with Crippen LogP contribution >= 0.6 is 0 Å². The lowest BCUT2D eigenvalue weighted by atomic mass is 9.88. The van der Waals surface area contributed by atoms with E-state index in [1.807, 2.05) is 6.92 Å². The van der Waals surface area contributed by atoms with Crippen LogP contribution in [0, 0.1) is 0 Å². The summed E-state index contributed by atoms with van der Waals surface area (Å²) in [6, 6.07) is 5.68. The molecule has 7 heteroatoms. The van der Waals surface area contributed by atoms with Crippen molar-refractivity contribution >= 4 is 0 Å². The van der Waals surface area contributed by atoms with E-state index < -0.39 is 24.1 Å². The summed E-state index contributed by atoms with van der Waals surface area (Å²) >= 11 is 0. The number of hydrogen-bond acceptors (Lipinski definition) is 2. The van der Waals surface area contributed by atoms with Crippen LogP contribution in [0.4, 0.5) is 22.0 Å². The van der Waals surface area contributed by atoms with Gasteiger partial charge in [0.05, 0.1) is 18.6 Å². The molecule has 1 aromatic rings. The molecule has 0 radical (unpaired) electrons. The molecule has 1 atom stereocenters. The molecule has 1 unspecified atom stereocenters. The second-order valence-corrected chi connectivity index (χ2v) is 5.00. The number of aliphatic hydroxyl groups is 1. The van der Waals surface area contributed by atoms with Crippen molar-refractivity contribution in [2.24, 2.45) is 0 Å². The third kappa shape index (κ3) is 4.30. The zero-order chi connectivity index (χ0) is 16.3. The molecule has 120 valence electrons. The van der Waals surface area contributed by atoms with E-state index in [1.54, 1.807) is 6.07 Å². The third-order valence-corrected chi connectivity index (χ3v) is 2.91. The van der Waals surface area contributed by atoms with Crippen molar-refractivity contribution in [1.29, 1.82) is 0 Å². The molecule has 0 aromatic heterocycles. The van der Waals surface area contributed by atoms with Gasteiger partial charge >= 0.3 is 12.1 Å². The molecule has 0 aliphatic heterocycles. The second-order valence-electron chi connectivity index (χ2n) is 5.00. The number of rotatable bonds is 6. The molecule has 0 heterocycles. The number of alkyl halides is 5. The highest BCUT2D eigenvalue weighted by Crippen LogP contribution is 2.45. The predicted molar refractivity (Wildman–Crippen MR) is 67.4 cm³/mol. The predicted octanol–water partition coefficient (Wildman–Crippen LogP) is 4.27.